The number of anilines is 2. The van der Waals surface area contributed by atoms with Gasteiger partial charge in [0.15, 0.2) is 5.78 Å². The average Bonchev–Trinajstić information content (AvgIpc) is 3.35. The van der Waals surface area contributed by atoms with Crippen LogP contribution in [-0.4, -0.2) is 22.6 Å². The predicted octanol–water partition coefficient (Wildman–Crippen LogP) is 7.75. The van der Waals surface area contributed by atoms with E-state index in [4.69, 9.17) is 58.0 Å². The fourth-order valence-corrected chi connectivity index (χ4v) is 5.36. The smallest absolute Gasteiger partial charge is 0.231 e. The van der Waals surface area contributed by atoms with Crippen LogP contribution >= 0.6 is 58.0 Å². The lowest BCUT2D eigenvalue weighted by atomic mass is 10.1. The summed E-state index contributed by atoms with van der Waals surface area (Å²) in [5.41, 5.74) is 0.964. The monoisotopic (exact) mass is 576 g/mol. The van der Waals surface area contributed by atoms with Crippen molar-refractivity contribution in [3.05, 3.63) is 92.4 Å². The summed E-state index contributed by atoms with van der Waals surface area (Å²) >= 11 is 31.0. The molecule has 0 aliphatic heterocycles. The Bertz CT molecular complexity index is 1320. The molecule has 2 N–H and O–H groups in total. The lowest BCUT2D eigenvalue weighted by Crippen LogP contribution is -2.18. The Morgan fingerprint density at radius 2 is 1.60 bits per heavy atom. The molecule has 0 radical (unpaired) electrons. The van der Waals surface area contributed by atoms with Gasteiger partial charge in [-0.2, -0.15) is 0 Å². The molecule has 2 atom stereocenters. The Labute approximate surface area is 224 Å². The summed E-state index contributed by atoms with van der Waals surface area (Å²) in [7, 11) is 0. The van der Waals surface area contributed by atoms with E-state index in [-0.39, 0.29) is 28.5 Å². The molecule has 0 spiro atoms. The number of rotatable bonds is 7. The molecule has 1 aliphatic rings. The maximum atomic E-state index is 13.8. The molecule has 0 bridgehead atoms. The van der Waals surface area contributed by atoms with Crippen molar-refractivity contribution in [2.75, 3.05) is 17.2 Å². The summed E-state index contributed by atoms with van der Waals surface area (Å²) in [5.74, 6) is -3.85. The number of alkyl halides is 2. The van der Waals surface area contributed by atoms with E-state index in [1.165, 1.54) is 24.3 Å². The molecule has 0 saturated heterocycles. The van der Waals surface area contributed by atoms with Crippen LogP contribution in [0.2, 0.25) is 15.1 Å². The molecule has 35 heavy (non-hydrogen) atoms. The van der Waals surface area contributed by atoms with Gasteiger partial charge in [-0.3, -0.25) is 9.59 Å². The zero-order valence-electron chi connectivity index (χ0n) is 17.5. The van der Waals surface area contributed by atoms with Crippen LogP contribution < -0.4 is 10.6 Å². The molecular formula is C24H15Cl5F2N2O2. The Morgan fingerprint density at radius 3 is 2.26 bits per heavy atom. The van der Waals surface area contributed by atoms with Gasteiger partial charge in [-0.15, -0.1) is 23.2 Å². The number of hydrogen-bond donors (Lipinski definition) is 2. The van der Waals surface area contributed by atoms with E-state index in [9.17, 15) is 18.4 Å². The van der Waals surface area contributed by atoms with Crippen molar-refractivity contribution >= 4 is 81.1 Å². The number of carbonyl (C=O) groups excluding carboxylic acids is 2. The number of carbonyl (C=O) groups is 2. The first-order valence-electron chi connectivity index (χ1n) is 10.1. The van der Waals surface area contributed by atoms with E-state index in [1.807, 2.05) is 0 Å². The molecule has 4 nitrogen and oxygen atoms in total. The molecule has 182 valence electrons. The van der Waals surface area contributed by atoms with Gasteiger partial charge in [-0.1, -0.05) is 34.8 Å². The second-order valence-electron chi connectivity index (χ2n) is 7.92. The minimum Gasteiger partial charge on any atom is -0.375 e. The molecule has 1 saturated carbocycles. The van der Waals surface area contributed by atoms with Crippen molar-refractivity contribution in [1.82, 2.24) is 0 Å². The second kappa shape index (κ2) is 10.1. The first kappa shape index (κ1) is 26.0. The molecule has 1 aliphatic carbocycles. The van der Waals surface area contributed by atoms with Crippen molar-refractivity contribution in [3.63, 3.8) is 0 Å². The third-order valence-electron chi connectivity index (χ3n) is 5.48. The van der Waals surface area contributed by atoms with Crippen LogP contribution in [0.15, 0.2) is 54.6 Å². The van der Waals surface area contributed by atoms with E-state index in [0.29, 0.717) is 21.7 Å². The Balaban J connectivity index is 1.46. The summed E-state index contributed by atoms with van der Waals surface area (Å²) in [6.07, 6.45) is 0. The molecule has 3 aromatic carbocycles. The van der Waals surface area contributed by atoms with Crippen LogP contribution in [0, 0.1) is 17.6 Å². The fraction of sp³-hybridized carbons (Fsp3) is 0.167. The minimum absolute atomic E-state index is 0.0400. The number of Topliss-reactive ketones (excluding diaryl/α,β-unsaturated/α-hetero) is 1. The molecular weight excluding hydrogens is 564 g/mol. The van der Waals surface area contributed by atoms with Crippen molar-refractivity contribution < 1.29 is 18.4 Å². The number of nitrogens with one attached hydrogen (secondary N) is 2. The maximum Gasteiger partial charge on any atom is 0.231 e. The summed E-state index contributed by atoms with van der Waals surface area (Å²) in [6, 6.07) is 12.1. The van der Waals surface area contributed by atoms with Gasteiger partial charge >= 0.3 is 0 Å². The highest BCUT2D eigenvalue weighted by molar-refractivity contribution is 6.53. The number of halogens is 7. The van der Waals surface area contributed by atoms with Gasteiger partial charge in [-0.25, -0.2) is 8.78 Å². The van der Waals surface area contributed by atoms with E-state index < -0.39 is 39.5 Å². The molecule has 0 aromatic heterocycles. The van der Waals surface area contributed by atoms with E-state index in [0.717, 1.165) is 6.07 Å². The standard InChI is InChI=1S/C24H15Cl5F2N2O2/c25-12-5-11(6-13(26)7-12)21-22(24(21,28)29)23(35)33-15-2-3-17(27)16(9-15)20(34)10-32-19-4-1-14(30)8-18(19)31/h1-9,21-22,32H,10H2,(H,33,35). The highest BCUT2D eigenvalue weighted by Gasteiger charge is 2.67. The molecule has 2 unspecified atom stereocenters. The quantitative estimate of drug-likeness (QED) is 0.223. The molecule has 4 rings (SSSR count). The minimum atomic E-state index is -1.37. The Kier molecular flexibility index (Phi) is 7.51. The highest BCUT2D eigenvalue weighted by Crippen LogP contribution is 2.65. The number of amides is 1. The van der Waals surface area contributed by atoms with Gasteiger partial charge < -0.3 is 10.6 Å². The zero-order valence-corrected chi connectivity index (χ0v) is 21.3. The molecule has 11 heteroatoms. The van der Waals surface area contributed by atoms with Gasteiger partial charge in [0.25, 0.3) is 0 Å². The third-order valence-corrected chi connectivity index (χ3v) is 7.19. The van der Waals surface area contributed by atoms with Crippen LogP contribution in [0.25, 0.3) is 0 Å². The molecule has 1 fully saturated rings. The SMILES string of the molecule is O=C(CNc1ccc(F)cc1F)c1cc(NC(=O)C2C(c3cc(Cl)cc(Cl)c3)C2(Cl)Cl)ccc1Cl. The largest absolute Gasteiger partial charge is 0.375 e. The van der Waals surface area contributed by atoms with E-state index >= 15 is 0 Å². The van der Waals surface area contributed by atoms with Crippen LogP contribution in [-0.2, 0) is 4.79 Å². The Morgan fingerprint density at radius 1 is 0.914 bits per heavy atom. The molecule has 0 heterocycles. The van der Waals surface area contributed by atoms with Crippen LogP contribution in [0.5, 0.6) is 0 Å². The van der Waals surface area contributed by atoms with Crippen LogP contribution in [0.4, 0.5) is 20.2 Å². The number of hydrogen-bond acceptors (Lipinski definition) is 3. The van der Waals surface area contributed by atoms with Crippen molar-refractivity contribution in [3.8, 4) is 0 Å². The number of benzene rings is 3. The topological polar surface area (TPSA) is 58.2 Å². The first-order chi connectivity index (χ1) is 16.5. The van der Waals surface area contributed by atoms with Gasteiger partial charge in [0, 0.05) is 33.3 Å². The van der Waals surface area contributed by atoms with Gasteiger partial charge in [0.2, 0.25) is 5.91 Å². The number of ketones is 1. The summed E-state index contributed by atoms with van der Waals surface area (Å²) in [4.78, 5) is 25.6. The first-order valence-corrected chi connectivity index (χ1v) is 12.0. The Hall–Kier alpha value is -2.09. The highest BCUT2D eigenvalue weighted by atomic mass is 35.5. The van der Waals surface area contributed by atoms with Crippen LogP contribution in [0.1, 0.15) is 21.8 Å². The second-order valence-corrected chi connectivity index (χ2v) is 10.6. The predicted molar refractivity (Wildman–Crippen MR) is 136 cm³/mol. The summed E-state index contributed by atoms with van der Waals surface area (Å²) in [5, 5.41) is 6.21. The van der Waals surface area contributed by atoms with E-state index in [1.54, 1.807) is 18.2 Å². The zero-order chi connectivity index (χ0) is 25.5. The van der Waals surface area contributed by atoms with Crippen molar-refractivity contribution in [1.29, 1.82) is 0 Å². The fourth-order valence-electron chi connectivity index (χ4n) is 3.76. The molecule has 1 amide bonds. The maximum absolute atomic E-state index is 13.8. The summed E-state index contributed by atoms with van der Waals surface area (Å²) < 4.78 is 25.5. The average molecular weight is 579 g/mol. The van der Waals surface area contributed by atoms with Gasteiger partial charge in [-0.05, 0) is 54.1 Å². The van der Waals surface area contributed by atoms with Crippen LogP contribution in [0.3, 0.4) is 0 Å². The summed E-state index contributed by atoms with van der Waals surface area (Å²) in [6.45, 7) is -0.313. The lowest BCUT2D eigenvalue weighted by molar-refractivity contribution is -0.117. The van der Waals surface area contributed by atoms with E-state index in [2.05, 4.69) is 10.6 Å². The van der Waals surface area contributed by atoms with Gasteiger partial charge in [0.1, 0.15) is 16.0 Å². The lowest BCUT2D eigenvalue weighted by Gasteiger charge is -2.11. The molecule has 3 aromatic rings. The van der Waals surface area contributed by atoms with Crippen molar-refractivity contribution in [2.24, 2.45) is 5.92 Å². The normalized spacial score (nSPS) is 18.1. The third kappa shape index (κ3) is 5.68. The van der Waals surface area contributed by atoms with Gasteiger partial charge in [0.05, 0.1) is 23.2 Å². The van der Waals surface area contributed by atoms with Crippen molar-refractivity contribution in [2.45, 2.75) is 10.3 Å².